The fourth-order valence-corrected chi connectivity index (χ4v) is 3.71. The highest BCUT2D eigenvalue weighted by Crippen LogP contribution is 2.44. The number of hydrogen-bond acceptors (Lipinski definition) is 7. The molecule has 1 aromatic heterocycles. The summed E-state index contributed by atoms with van der Waals surface area (Å²) in [4.78, 5) is 11.8. The molecule has 0 aliphatic heterocycles. The highest BCUT2D eigenvalue weighted by Gasteiger charge is 2.55. The molecule has 0 fully saturated rings. The Bertz CT molecular complexity index is 1050. The number of hydrogen-bond donors (Lipinski definition) is 0. The molecule has 1 heterocycles. The van der Waals surface area contributed by atoms with Gasteiger partial charge in [0.25, 0.3) is 0 Å². The van der Waals surface area contributed by atoms with Crippen molar-refractivity contribution in [2.24, 2.45) is 0 Å². The van der Waals surface area contributed by atoms with E-state index >= 15 is 0 Å². The number of fused-ring (bicyclic) bond motifs is 1. The summed E-state index contributed by atoms with van der Waals surface area (Å²) in [6, 6.07) is 0. The number of rotatable bonds is 3. The Morgan fingerprint density at radius 2 is 1.45 bits per heavy atom. The van der Waals surface area contributed by atoms with E-state index in [-0.39, 0.29) is 0 Å². The molecule has 1 aliphatic carbocycles. The lowest BCUT2D eigenvalue weighted by Crippen LogP contribution is -2.34. The van der Waals surface area contributed by atoms with Crippen LogP contribution in [-0.4, -0.2) is 42.8 Å². The second-order valence-corrected chi connectivity index (χ2v) is 8.67. The molecule has 1 unspecified atom stereocenters. The van der Waals surface area contributed by atoms with Crippen molar-refractivity contribution in [1.29, 1.82) is 0 Å². The van der Waals surface area contributed by atoms with Crippen molar-refractivity contribution in [3.63, 3.8) is 0 Å². The van der Waals surface area contributed by atoms with Gasteiger partial charge in [-0.3, -0.25) is 8.98 Å². The Balaban J connectivity index is 2.83. The lowest BCUT2D eigenvalue weighted by Gasteiger charge is -2.23. The molecular formula is C10H5F9N2O6S2. The Hall–Kier alpha value is -1.89. The molecule has 0 saturated carbocycles. The Kier molecular flexibility index (Phi) is 5.29. The van der Waals surface area contributed by atoms with Crippen molar-refractivity contribution >= 4 is 25.9 Å². The SMILES string of the molecule is O=C1CCC(OS(=O)(=O)C(F)(F)F)c2c(C(F)(F)F)nn(S(=O)(=O)C(F)(F)F)c21. The highest BCUT2D eigenvalue weighted by atomic mass is 32.2. The second-order valence-electron chi connectivity index (χ2n) is 5.35. The van der Waals surface area contributed by atoms with Crippen molar-refractivity contribution in [3.8, 4) is 0 Å². The van der Waals surface area contributed by atoms with Crippen molar-refractivity contribution in [3.05, 3.63) is 17.0 Å². The summed E-state index contributed by atoms with van der Waals surface area (Å²) >= 11 is 0. The van der Waals surface area contributed by atoms with E-state index in [1.54, 1.807) is 0 Å². The van der Waals surface area contributed by atoms with Crippen LogP contribution in [0, 0.1) is 0 Å². The van der Waals surface area contributed by atoms with Gasteiger partial charge in [-0.05, 0) is 6.42 Å². The van der Waals surface area contributed by atoms with Gasteiger partial charge >= 0.3 is 37.3 Å². The zero-order chi connectivity index (χ0) is 22.8. The van der Waals surface area contributed by atoms with Gasteiger partial charge in [0, 0.05) is 12.0 Å². The van der Waals surface area contributed by atoms with Crippen LogP contribution < -0.4 is 0 Å². The molecule has 1 atom stereocenters. The van der Waals surface area contributed by atoms with Crippen molar-refractivity contribution in [2.45, 2.75) is 36.1 Å². The number of aromatic nitrogens is 2. The summed E-state index contributed by atoms with van der Waals surface area (Å²) in [5, 5.41) is 2.20. The number of nitrogens with zero attached hydrogens (tertiary/aromatic N) is 2. The van der Waals surface area contributed by atoms with Gasteiger partial charge in [0.2, 0.25) is 0 Å². The molecule has 29 heavy (non-hydrogen) atoms. The Morgan fingerprint density at radius 1 is 0.931 bits per heavy atom. The second kappa shape index (κ2) is 6.56. The number of carbonyl (C=O) groups excluding carboxylic acids is 1. The standard InChI is InChI=1S/C10H5F9N2O6S2/c11-8(12,13)7-5-4(27-29(25,26)10(17,18)19)2-1-3(22)6(5)21(20-7)28(23,24)9(14,15)16/h4H,1-2H2. The van der Waals surface area contributed by atoms with E-state index in [0.29, 0.717) is 0 Å². The first kappa shape index (κ1) is 23.4. The van der Waals surface area contributed by atoms with E-state index in [0.717, 1.165) is 0 Å². The zero-order valence-corrected chi connectivity index (χ0v) is 14.7. The number of carbonyl (C=O) groups is 1. The summed E-state index contributed by atoms with van der Waals surface area (Å²) in [6.07, 6.45) is -10.8. The molecule has 0 radical (unpaired) electrons. The molecule has 166 valence electrons. The molecule has 2 rings (SSSR count). The van der Waals surface area contributed by atoms with Gasteiger partial charge < -0.3 is 0 Å². The summed E-state index contributed by atoms with van der Waals surface area (Å²) in [7, 11) is -13.3. The van der Waals surface area contributed by atoms with Crippen molar-refractivity contribution < 1.29 is 65.3 Å². The first-order valence-electron chi connectivity index (χ1n) is 6.76. The molecule has 0 spiro atoms. The van der Waals surface area contributed by atoms with Gasteiger partial charge in [0.05, 0.1) is 0 Å². The Morgan fingerprint density at radius 3 is 1.86 bits per heavy atom. The van der Waals surface area contributed by atoms with Crippen LogP contribution in [0.1, 0.15) is 40.7 Å². The predicted octanol–water partition coefficient (Wildman–Crippen LogP) is 2.48. The van der Waals surface area contributed by atoms with Gasteiger partial charge in [-0.2, -0.15) is 61.4 Å². The molecule has 1 aliphatic rings. The quantitative estimate of drug-likeness (QED) is 0.368. The van der Waals surface area contributed by atoms with E-state index in [1.807, 2.05) is 0 Å². The molecular weight excluding hydrogens is 479 g/mol. The van der Waals surface area contributed by atoms with Crippen LogP contribution in [0.5, 0.6) is 0 Å². The first-order chi connectivity index (χ1) is 12.7. The largest absolute Gasteiger partial charge is 0.523 e. The lowest BCUT2D eigenvalue weighted by atomic mass is 9.92. The van der Waals surface area contributed by atoms with E-state index in [4.69, 9.17) is 0 Å². The zero-order valence-electron chi connectivity index (χ0n) is 13.1. The van der Waals surface area contributed by atoms with Crippen LogP contribution in [0.2, 0.25) is 0 Å². The summed E-state index contributed by atoms with van der Waals surface area (Å²) in [5.74, 6) is -1.67. The van der Waals surface area contributed by atoms with E-state index in [1.165, 1.54) is 0 Å². The summed E-state index contributed by atoms with van der Waals surface area (Å²) in [6.45, 7) is 0. The number of alkyl halides is 9. The van der Waals surface area contributed by atoms with Gasteiger partial charge in [-0.25, -0.2) is 0 Å². The maximum atomic E-state index is 13.2. The summed E-state index contributed by atoms with van der Waals surface area (Å²) in [5.41, 5.74) is -18.7. The third kappa shape index (κ3) is 3.93. The molecule has 0 aromatic carbocycles. The van der Waals surface area contributed by atoms with Crippen molar-refractivity contribution in [1.82, 2.24) is 9.19 Å². The molecule has 19 heteroatoms. The minimum absolute atomic E-state index is 1.12. The van der Waals surface area contributed by atoms with Gasteiger partial charge in [-0.1, -0.05) is 0 Å². The predicted molar refractivity (Wildman–Crippen MR) is 70.0 cm³/mol. The normalized spacial score (nSPS) is 19.3. The average Bonchev–Trinajstić information content (AvgIpc) is 2.90. The topological polar surface area (TPSA) is 112 Å². The van der Waals surface area contributed by atoms with Crippen LogP contribution in [0.15, 0.2) is 0 Å². The summed E-state index contributed by atoms with van der Waals surface area (Å²) < 4.78 is 162. The van der Waals surface area contributed by atoms with Crippen molar-refractivity contribution in [2.75, 3.05) is 0 Å². The number of Topliss-reactive ketones (excluding diaryl/α,β-unsaturated/α-hetero) is 1. The molecule has 0 saturated heterocycles. The fraction of sp³-hybridized carbons (Fsp3) is 0.600. The third-order valence-electron chi connectivity index (χ3n) is 3.43. The van der Waals surface area contributed by atoms with E-state index in [2.05, 4.69) is 9.28 Å². The average molecular weight is 484 g/mol. The molecule has 8 nitrogen and oxygen atoms in total. The van der Waals surface area contributed by atoms with Crippen LogP contribution in [0.25, 0.3) is 0 Å². The minimum atomic E-state index is -6.73. The maximum Gasteiger partial charge on any atom is 0.523 e. The van der Waals surface area contributed by atoms with Crippen LogP contribution in [0.3, 0.4) is 0 Å². The van der Waals surface area contributed by atoms with Gasteiger partial charge in [-0.15, -0.1) is 4.09 Å². The van der Waals surface area contributed by atoms with E-state index < -0.39 is 83.1 Å². The lowest BCUT2D eigenvalue weighted by molar-refractivity contribution is -0.142. The third-order valence-corrected chi connectivity index (χ3v) is 5.78. The number of halogens is 9. The molecule has 1 aromatic rings. The smallest absolute Gasteiger partial charge is 0.292 e. The van der Waals surface area contributed by atoms with Crippen LogP contribution >= 0.6 is 0 Å². The fourth-order valence-electron chi connectivity index (χ4n) is 2.28. The molecule has 0 N–H and O–H groups in total. The minimum Gasteiger partial charge on any atom is -0.292 e. The first-order valence-corrected chi connectivity index (χ1v) is 9.61. The highest BCUT2D eigenvalue weighted by molar-refractivity contribution is 7.90. The van der Waals surface area contributed by atoms with Gasteiger partial charge in [0.1, 0.15) is 11.8 Å². The van der Waals surface area contributed by atoms with Crippen LogP contribution in [0.4, 0.5) is 39.5 Å². The van der Waals surface area contributed by atoms with Gasteiger partial charge in [0.15, 0.2) is 11.5 Å². The van der Waals surface area contributed by atoms with E-state index in [9.17, 15) is 61.1 Å². The monoisotopic (exact) mass is 484 g/mol. The maximum absolute atomic E-state index is 13.2. The molecule has 0 bridgehead atoms. The van der Waals surface area contributed by atoms with Crippen LogP contribution in [-0.2, 0) is 30.5 Å². The molecule has 0 amide bonds. The Labute approximate surface area is 154 Å². The number of ketones is 1.